The molecule has 2 rings (SSSR count). The van der Waals surface area contributed by atoms with Crippen molar-refractivity contribution in [2.45, 2.75) is 25.8 Å². The average molecular weight is 354 g/mol. The number of anilines is 1. The summed E-state index contributed by atoms with van der Waals surface area (Å²) in [5, 5.41) is 2.94. The maximum atomic E-state index is 12.2. The number of rotatable bonds is 8. The van der Waals surface area contributed by atoms with Crippen LogP contribution >= 0.6 is 0 Å². The van der Waals surface area contributed by atoms with Crippen molar-refractivity contribution in [3.8, 4) is 0 Å². The van der Waals surface area contributed by atoms with Gasteiger partial charge in [0, 0.05) is 19.8 Å². The number of nitrogens with one attached hydrogen (secondary N) is 1. The van der Waals surface area contributed by atoms with Gasteiger partial charge in [-0.25, -0.2) is 4.79 Å². The van der Waals surface area contributed by atoms with E-state index in [2.05, 4.69) is 12.2 Å². The van der Waals surface area contributed by atoms with Gasteiger partial charge >= 0.3 is 5.97 Å². The van der Waals surface area contributed by atoms with Gasteiger partial charge in [0.05, 0.1) is 11.6 Å². The predicted molar refractivity (Wildman–Crippen MR) is 103 cm³/mol. The van der Waals surface area contributed by atoms with Crippen molar-refractivity contribution in [3.05, 3.63) is 65.7 Å². The van der Waals surface area contributed by atoms with Gasteiger partial charge in [0.15, 0.2) is 6.61 Å². The van der Waals surface area contributed by atoms with Crippen molar-refractivity contribution in [2.75, 3.05) is 25.6 Å². The van der Waals surface area contributed by atoms with E-state index < -0.39 is 5.97 Å². The molecule has 0 radical (unpaired) electrons. The summed E-state index contributed by atoms with van der Waals surface area (Å²) in [6.45, 7) is 1.78. The fourth-order valence-electron chi connectivity index (χ4n) is 2.64. The molecule has 0 aromatic heterocycles. The van der Waals surface area contributed by atoms with Gasteiger partial charge in [-0.2, -0.15) is 0 Å². The van der Waals surface area contributed by atoms with Crippen molar-refractivity contribution in [3.63, 3.8) is 0 Å². The molecule has 2 aromatic rings. The Kier molecular flexibility index (Phi) is 7.21. The highest BCUT2D eigenvalue weighted by Gasteiger charge is 2.15. The molecular formula is C21H26N2O3. The van der Waals surface area contributed by atoms with Crippen molar-refractivity contribution >= 4 is 17.6 Å². The molecule has 5 nitrogen and oxygen atoms in total. The third kappa shape index (κ3) is 5.62. The van der Waals surface area contributed by atoms with Crippen LogP contribution in [0.5, 0.6) is 0 Å². The maximum absolute atomic E-state index is 12.2. The van der Waals surface area contributed by atoms with Gasteiger partial charge in [0.1, 0.15) is 0 Å². The lowest BCUT2D eigenvalue weighted by atomic mass is 10.0. The molecule has 0 saturated heterocycles. The first-order valence-corrected chi connectivity index (χ1v) is 8.80. The Morgan fingerprint density at radius 3 is 2.27 bits per heavy atom. The number of hydrogen-bond acceptors (Lipinski definition) is 4. The Hall–Kier alpha value is -2.82. The van der Waals surface area contributed by atoms with E-state index in [1.165, 1.54) is 0 Å². The smallest absolute Gasteiger partial charge is 0.338 e. The van der Waals surface area contributed by atoms with Crippen molar-refractivity contribution < 1.29 is 14.3 Å². The SMILES string of the molecule is CCC[C@H](NC(=O)COC(=O)c1ccc(N(C)C)cc1)c1ccccc1. The zero-order chi connectivity index (χ0) is 18.9. The first kappa shape index (κ1) is 19.5. The zero-order valence-electron chi connectivity index (χ0n) is 15.6. The minimum Gasteiger partial charge on any atom is -0.452 e. The highest BCUT2D eigenvalue weighted by Crippen LogP contribution is 2.18. The van der Waals surface area contributed by atoms with Gasteiger partial charge in [-0.05, 0) is 36.2 Å². The number of amides is 1. The van der Waals surface area contributed by atoms with Crippen molar-refractivity contribution in [2.24, 2.45) is 0 Å². The monoisotopic (exact) mass is 354 g/mol. The molecule has 2 aromatic carbocycles. The third-order valence-corrected chi connectivity index (χ3v) is 4.07. The largest absolute Gasteiger partial charge is 0.452 e. The predicted octanol–water partition coefficient (Wildman–Crippen LogP) is 3.57. The quantitative estimate of drug-likeness (QED) is 0.736. The van der Waals surface area contributed by atoms with Gasteiger partial charge in [-0.3, -0.25) is 4.79 Å². The summed E-state index contributed by atoms with van der Waals surface area (Å²) in [5.74, 6) is -0.803. The zero-order valence-corrected chi connectivity index (χ0v) is 15.6. The molecule has 0 bridgehead atoms. The first-order valence-electron chi connectivity index (χ1n) is 8.80. The van der Waals surface area contributed by atoms with E-state index in [0.29, 0.717) is 5.56 Å². The Morgan fingerprint density at radius 2 is 1.69 bits per heavy atom. The normalized spacial score (nSPS) is 11.5. The molecule has 0 heterocycles. The molecule has 5 heteroatoms. The Labute approximate surface area is 155 Å². The number of esters is 1. The van der Waals surface area contributed by atoms with Gasteiger partial charge in [0.2, 0.25) is 0 Å². The molecule has 26 heavy (non-hydrogen) atoms. The van der Waals surface area contributed by atoms with Crippen molar-refractivity contribution in [1.29, 1.82) is 0 Å². The summed E-state index contributed by atoms with van der Waals surface area (Å²) in [7, 11) is 3.86. The van der Waals surface area contributed by atoms with Crippen LogP contribution in [0.1, 0.15) is 41.7 Å². The fourth-order valence-corrected chi connectivity index (χ4v) is 2.64. The van der Waals surface area contributed by atoms with E-state index in [0.717, 1.165) is 24.1 Å². The number of carbonyl (C=O) groups is 2. The highest BCUT2D eigenvalue weighted by molar-refractivity contribution is 5.91. The molecule has 1 N–H and O–H groups in total. The molecule has 1 atom stereocenters. The lowest BCUT2D eigenvalue weighted by molar-refractivity contribution is -0.125. The second-order valence-electron chi connectivity index (χ2n) is 6.34. The van der Waals surface area contributed by atoms with Gasteiger partial charge in [-0.15, -0.1) is 0 Å². The molecule has 138 valence electrons. The summed E-state index contributed by atoms with van der Waals surface area (Å²) in [4.78, 5) is 26.2. The van der Waals surface area contributed by atoms with E-state index in [1.807, 2.05) is 61.5 Å². The van der Waals surface area contributed by atoms with Gasteiger partial charge in [0.25, 0.3) is 5.91 Å². The molecule has 0 fully saturated rings. The highest BCUT2D eigenvalue weighted by atomic mass is 16.5. The van der Waals surface area contributed by atoms with Crippen LogP contribution in [-0.2, 0) is 9.53 Å². The summed E-state index contributed by atoms with van der Waals surface area (Å²) in [5.41, 5.74) is 2.47. The van der Waals surface area contributed by atoms with Crippen molar-refractivity contribution in [1.82, 2.24) is 5.32 Å². The van der Waals surface area contributed by atoms with Crippen LogP contribution in [0, 0.1) is 0 Å². The molecular weight excluding hydrogens is 328 g/mol. The second-order valence-corrected chi connectivity index (χ2v) is 6.34. The van der Waals surface area contributed by atoms with E-state index in [-0.39, 0.29) is 18.6 Å². The molecule has 0 aliphatic heterocycles. The fraction of sp³-hybridized carbons (Fsp3) is 0.333. The Balaban J connectivity index is 1.89. The second kappa shape index (κ2) is 9.61. The van der Waals surface area contributed by atoms with Gasteiger partial charge in [-0.1, -0.05) is 43.7 Å². The molecule has 0 saturated carbocycles. The number of benzene rings is 2. The maximum Gasteiger partial charge on any atom is 0.338 e. The summed E-state index contributed by atoms with van der Waals surface area (Å²) in [6.07, 6.45) is 1.77. The molecule has 0 aliphatic rings. The topological polar surface area (TPSA) is 58.6 Å². The molecule has 0 aliphatic carbocycles. The summed E-state index contributed by atoms with van der Waals surface area (Å²) >= 11 is 0. The van der Waals surface area contributed by atoms with E-state index in [1.54, 1.807) is 12.1 Å². The Morgan fingerprint density at radius 1 is 1.04 bits per heavy atom. The van der Waals surface area contributed by atoms with E-state index >= 15 is 0 Å². The molecule has 0 unspecified atom stereocenters. The number of nitrogens with zero attached hydrogens (tertiary/aromatic N) is 1. The minimum atomic E-state index is -0.503. The number of ether oxygens (including phenoxy) is 1. The van der Waals surface area contributed by atoms with Crippen LogP contribution in [0.25, 0.3) is 0 Å². The van der Waals surface area contributed by atoms with Crippen LogP contribution in [0.15, 0.2) is 54.6 Å². The Bertz CT molecular complexity index is 712. The molecule has 1 amide bonds. The first-order chi connectivity index (χ1) is 12.5. The minimum absolute atomic E-state index is 0.0771. The van der Waals surface area contributed by atoms with Crippen LogP contribution < -0.4 is 10.2 Å². The number of hydrogen-bond donors (Lipinski definition) is 1. The van der Waals surface area contributed by atoms with Crippen LogP contribution in [0.3, 0.4) is 0 Å². The standard InChI is InChI=1S/C21H26N2O3/c1-4-8-19(16-9-6-5-7-10-16)22-20(24)15-26-21(25)17-11-13-18(14-12-17)23(2)3/h5-7,9-14,19H,4,8,15H2,1-3H3,(H,22,24)/t19-/m0/s1. The van der Waals surface area contributed by atoms with Crippen LogP contribution in [0.2, 0.25) is 0 Å². The van der Waals surface area contributed by atoms with Crippen LogP contribution in [-0.4, -0.2) is 32.6 Å². The lowest BCUT2D eigenvalue weighted by Gasteiger charge is -2.18. The lowest BCUT2D eigenvalue weighted by Crippen LogP contribution is -2.32. The van der Waals surface area contributed by atoms with E-state index in [9.17, 15) is 9.59 Å². The number of carbonyl (C=O) groups excluding carboxylic acids is 2. The third-order valence-electron chi connectivity index (χ3n) is 4.07. The average Bonchev–Trinajstić information content (AvgIpc) is 2.66. The van der Waals surface area contributed by atoms with Gasteiger partial charge < -0.3 is 15.0 Å². The van der Waals surface area contributed by atoms with E-state index in [4.69, 9.17) is 4.74 Å². The summed E-state index contributed by atoms with van der Waals surface area (Å²) in [6, 6.07) is 16.8. The molecule has 0 spiro atoms. The summed E-state index contributed by atoms with van der Waals surface area (Å²) < 4.78 is 5.14. The van der Waals surface area contributed by atoms with Crippen LogP contribution in [0.4, 0.5) is 5.69 Å².